The maximum Gasteiger partial charge on any atom is 0.0257 e. The summed E-state index contributed by atoms with van der Waals surface area (Å²) in [6.07, 6.45) is 49.3. The van der Waals surface area contributed by atoms with Crippen LogP contribution in [0.3, 0.4) is 0 Å². The standard InChI is InChI=1S/C56H64/c1-11-39-15-40(12-2)18-43(17-39)51-24-45(5)21-46(6,25-51)29-53(28-45,36-51)55-32-49(9)23-50(10,33-55)35-56(34-49,38-55)54-30-47(7)22-48(8,31-54)27-52(26-47,37-54)44-19-41(13-3)16-42(14-4)20-44/h1-4,15-20H,21-38H2,5-10H3. The van der Waals surface area contributed by atoms with Crippen LogP contribution in [0.1, 0.15) is 190 Å². The van der Waals surface area contributed by atoms with Crippen LogP contribution < -0.4 is 0 Å². The molecule has 12 aliphatic rings. The number of hydrogen-bond donors (Lipinski definition) is 0. The van der Waals surface area contributed by atoms with Gasteiger partial charge in [-0.3, -0.25) is 0 Å². The number of rotatable bonds is 4. The van der Waals surface area contributed by atoms with Gasteiger partial charge in [-0.05, 0) is 228 Å². The average Bonchev–Trinajstić information content (AvgIpc) is 3.06. The summed E-state index contributed by atoms with van der Waals surface area (Å²) in [5.74, 6) is 12.0. The molecule has 0 nitrogen and oxygen atoms in total. The van der Waals surface area contributed by atoms with Crippen molar-refractivity contribution in [3.05, 3.63) is 69.8 Å². The Morgan fingerprint density at radius 2 is 0.536 bits per heavy atom. The van der Waals surface area contributed by atoms with Gasteiger partial charge in [0, 0.05) is 22.3 Å². The highest BCUT2D eigenvalue weighted by molar-refractivity contribution is 5.51. The fourth-order valence-electron chi connectivity index (χ4n) is 22.2. The predicted molar refractivity (Wildman–Crippen MR) is 229 cm³/mol. The molecular weight excluding hydrogens is 673 g/mol. The van der Waals surface area contributed by atoms with E-state index in [1.54, 1.807) is 0 Å². The van der Waals surface area contributed by atoms with Crippen LogP contribution in [0, 0.1) is 104 Å². The lowest BCUT2D eigenvalue weighted by Gasteiger charge is -2.83. The summed E-state index contributed by atoms with van der Waals surface area (Å²) in [6.45, 7) is 16.4. The van der Waals surface area contributed by atoms with E-state index in [2.05, 4.69) is 102 Å². The molecule has 12 bridgehead atoms. The minimum absolute atomic E-state index is 0.136. The number of terminal acetylenes is 4. The third kappa shape index (κ3) is 4.50. The summed E-state index contributed by atoms with van der Waals surface area (Å²) in [5.41, 5.74) is 10.6. The first kappa shape index (κ1) is 35.8. The second kappa shape index (κ2) is 10.1. The van der Waals surface area contributed by atoms with Gasteiger partial charge in [-0.2, -0.15) is 0 Å². The Morgan fingerprint density at radius 1 is 0.304 bits per heavy atom. The molecule has 12 aliphatic carbocycles. The second-order valence-corrected chi connectivity index (χ2v) is 25.9. The highest BCUT2D eigenvalue weighted by atomic mass is 14.8. The Kier molecular flexibility index (Phi) is 6.45. The zero-order valence-electron chi connectivity index (χ0n) is 35.5. The van der Waals surface area contributed by atoms with Gasteiger partial charge in [-0.1, -0.05) is 65.2 Å². The highest BCUT2D eigenvalue weighted by Gasteiger charge is 2.80. The van der Waals surface area contributed by atoms with E-state index in [-0.39, 0.29) is 10.8 Å². The van der Waals surface area contributed by atoms with Gasteiger partial charge < -0.3 is 0 Å². The molecule has 4 unspecified atom stereocenters. The van der Waals surface area contributed by atoms with Gasteiger partial charge in [-0.25, -0.2) is 0 Å². The first-order chi connectivity index (χ1) is 26.2. The average molecular weight is 737 g/mol. The zero-order chi connectivity index (χ0) is 39.3. The Balaban J connectivity index is 1.09. The summed E-state index contributed by atoms with van der Waals surface area (Å²) in [7, 11) is 0. The molecular formula is C56H64. The zero-order valence-corrected chi connectivity index (χ0v) is 35.5. The van der Waals surface area contributed by atoms with E-state index >= 15 is 0 Å². The van der Waals surface area contributed by atoms with Gasteiger partial charge in [0.25, 0.3) is 0 Å². The third-order valence-electron chi connectivity index (χ3n) is 19.8. The lowest BCUT2D eigenvalue weighted by atomic mass is 9.21. The third-order valence-corrected chi connectivity index (χ3v) is 19.8. The van der Waals surface area contributed by atoms with Gasteiger partial charge in [0.1, 0.15) is 0 Å². The maximum absolute atomic E-state index is 6.14. The molecule has 2 aromatic carbocycles. The van der Waals surface area contributed by atoms with Crippen molar-refractivity contribution in [1.82, 2.24) is 0 Å². The lowest BCUT2D eigenvalue weighted by molar-refractivity contribution is -0.328. The molecule has 12 fully saturated rings. The quantitative estimate of drug-likeness (QED) is 0.274. The molecule has 0 amide bonds. The molecule has 0 aromatic heterocycles. The Bertz CT molecular complexity index is 2040. The van der Waals surface area contributed by atoms with Crippen LogP contribution in [0.25, 0.3) is 0 Å². The summed E-state index contributed by atoms with van der Waals surface area (Å²) in [4.78, 5) is 0. The maximum atomic E-state index is 6.14. The van der Waals surface area contributed by atoms with Crippen LogP contribution in [-0.2, 0) is 10.8 Å². The van der Waals surface area contributed by atoms with Crippen LogP contribution in [0.5, 0.6) is 0 Å². The van der Waals surface area contributed by atoms with Crippen LogP contribution in [-0.4, -0.2) is 0 Å². The molecule has 4 atom stereocenters. The van der Waals surface area contributed by atoms with Crippen molar-refractivity contribution in [2.75, 3.05) is 0 Å². The Morgan fingerprint density at radius 3 is 0.786 bits per heavy atom. The minimum atomic E-state index is 0.136. The molecule has 0 aliphatic heterocycles. The number of benzene rings is 2. The number of hydrogen-bond acceptors (Lipinski definition) is 0. The van der Waals surface area contributed by atoms with Crippen molar-refractivity contribution >= 4 is 0 Å². The van der Waals surface area contributed by atoms with Crippen molar-refractivity contribution < 1.29 is 0 Å². The first-order valence-electron chi connectivity index (χ1n) is 22.3. The predicted octanol–water partition coefficient (Wildman–Crippen LogP) is 12.9. The SMILES string of the molecule is C#Cc1cc(C#C)cc(C23CC4(C)CC(C)(C2)CC(C25CC6(C)CC(C)(C2)CC(C27CC8(C)CC(C)(CC(c9cc(C#C)cc(C#C)c9)(C8)C2)C7)(C6)C5)(C4)C3)c1. The van der Waals surface area contributed by atoms with Crippen LogP contribution >= 0.6 is 0 Å². The first-order valence-corrected chi connectivity index (χ1v) is 22.3. The molecule has 0 radical (unpaired) electrons. The molecule has 0 saturated heterocycles. The smallest absolute Gasteiger partial charge is 0.0257 e. The second-order valence-electron chi connectivity index (χ2n) is 25.9. The van der Waals surface area contributed by atoms with E-state index < -0.39 is 0 Å². The van der Waals surface area contributed by atoms with Gasteiger partial charge in [0.2, 0.25) is 0 Å². The fraction of sp³-hybridized carbons (Fsp3) is 0.643. The van der Waals surface area contributed by atoms with Gasteiger partial charge in [0.05, 0.1) is 0 Å². The van der Waals surface area contributed by atoms with Gasteiger partial charge in [0.15, 0.2) is 0 Å². The normalized spacial score (nSPS) is 52.3. The monoisotopic (exact) mass is 737 g/mol. The molecule has 0 heteroatoms. The molecule has 2 aromatic rings. The summed E-state index contributed by atoms with van der Waals surface area (Å²) < 4.78 is 0. The summed E-state index contributed by atoms with van der Waals surface area (Å²) in [5, 5.41) is 0. The topological polar surface area (TPSA) is 0 Å². The van der Waals surface area contributed by atoms with E-state index in [4.69, 9.17) is 25.7 Å². The van der Waals surface area contributed by atoms with Crippen molar-refractivity contribution in [3.63, 3.8) is 0 Å². The molecule has 12 saturated carbocycles. The summed E-state index contributed by atoms with van der Waals surface area (Å²) in [6, 6.07) is 13.7. The largest absolute Gasteiger partial charge is 0.115 e. The molecule has 288 valence electrons. The van der Waals surface area contributed by atoms with Crippen molar-refractivity contribution in [2.24, 2.45) is 54.1 Å². The van der Waals surface area contributed by atoms with E-state index in [0.717, 1.165) is 22.3 Å². The van der Waals surface area contributed by atoms with Crippen molar-refractivity contribution in [3.8, 4) is 49.4 Å². The van der Waals surface area contributed by atoms with E-state index in [1.807, 2.05) is 0 Å². The molecule has 56 heavy (non-hydrogen) atoms. The van der Waals surface area contributed by atoms with Gasteiger partial charge in [-0.15, -0.1) is 25.7 Å². The van der Waals surface area contributed by atoms with Crippen LogP contribution in [0.15, 0.2) is 36.4 Å². The minimum Gasteiger partial charge on any atom is -0.115 e. The fourth-order valence-corrected chi connectivity index (χ4v) is 22.2. The molecule has 0 spiro atoms. The van der Waals surface area contributed by atoms with Crippen molar-refractivity contribution in [1.29, 1.82) is 0 Å². The molecule has 14 rings (SSSR count). The Labute approximate surface area is 339 Å². The lowest BCUT2D eigenvalue weighted by Crippen LogP contribution is -2.75. The van der Waals surface area contributed by atoms with E-state index in [9.17, 15) is 0 Å². The highest BCUT2D eigenvalue weighted by Crippen LogP contribution is 2.90. The van der Waals surface area contributed by atoms with Crippen molar-refractivity contribution in [2.45, 2.75) is 168 Å². The van der Waals surface area contributed by atoms with E-state index in [0.29, 0.717) is 54.1 Å². The van der Waals surface area contributed by atoms with Crippen LogP contribution in [0.2, 0.25) is 0 Å². The van der Waals surface area contributed by atoms with E-state index in [1.165, 1.54) is 127 Å². The summed E-state index contributed by atoms with van der Waals surface area (Å²) >= 11 is 0. The molecule has 0 N–H and O–H groups in total. The Hall–Kier alpha value is -3.32. The van der Waals surface area contributed by atoms with Gasteiger partial charge >= 0.3 is 0 Å². The molecule has 0 heterocycles. The van der Waals surface area contributed by atoms with Crippen LogP contribution in [0.4, 0.5) is 0 Å².